The predicted octanol–water partition coefficient (Wildman–Crippen LogP) is 2.40. The number of carbonyl (C=O) groups excluding carboxylic acids is 1. The van der Waals surface area contributed by atoms with Crippen LogP contribution >= 0.6 is 0 Å². The molecule has 0 saturated carbocycles. The zero-order valence-electron chi connectivity index (χ0n) is 13.8. The number of nitrogens with one attached hydrogen (secondary N) is 1. The number of anilines is 2. The van der Waals surface area contributed by atoms with Crippen molar-refractivity contribution in [3.8, 4) is 0 Å². The van der Waals surface area contributed by atoms with Gasteiger partial charge in [0.25, 0.3) is 0 Å². The fraction of sp³-hybridized carbons (Fsp3) is 0.294. The molecule has 1 aromatic carbocycles. The third-order valence-electron chi connectivity index (χ3n) is 4.02. The van der Waals surface area contributed by atoms with Gasteiger partial charge >= 0.3 is 5.97 Å². The van der Waals surface area contributed by atoms with Crippen LogP contribution in [0.4, 0.5) is 11.5 Å². The van der Waals surface area contributed by atoms with Gasteiger partial charge in [-0.1, -0.05) is 0 Å². The van der Waals surface area contributed by atoms with E-state index < -0.39 is 16.0 Å². The molecule has 1 aliphatic heterocycles. The topological polar surface area (TPSA) is 88.6 Å². The van der Waals surface area contributed by atoms with Crippen LogP contribution in [-0.2, 0) is 14.8 Å². The van der Waals surface area contributed by atoms with Crippen LogP contribution < -0.4 is 5.32 Å². The number of sulfonamides is 1. The maximum absolute atomic E-state index is 12.8. The molecule has 2 heterocycles. The molecular weight excluding hydrogens is 342 g/mol. The quantitative estimate of drug-likeness (QED) is 0.823. The molecule has 0 unspecified atom stereocenters. The number of rotatable bonds is 5. The van der Waals surface area contributed by atoms with E-state index in [1.54, 1.807) is 36.4 Å². The van der Waals surface area contributed by atoms with E-state index in [0.29, 0.717) is 24.3 Å². The lowest BCUT2D eigenvalue weighted by molar-refractivity contribution is 0.0601. The van der Waals surface area contributed by atoms with Crippen LogP contribution in [0.5, 0.6) is 0 Å². The Balaban J connectivity index is 1.87. The molecule has 132 valence electrons. The molecule has 0 atom stereocenters. The summed E-state index contributed by atoms with van der Waals surface area (Å²) in [6.45, 7) is 1.06. The number of carbonyl (C=O) groups is 1. The predicted molar refractivity (Wildman–Crippen MR) is 93.3 cm³/mol. The minimum absolute atomic E-state index is 0.147. The molecule has 1 N–H and O–H groups in total. The molecule has 3 rings (SSSR count). The summed E-state index contributed by atoms with van der Waals surface area (Å²) in [7, 11) is -2.26. The Morgan fingerprint density at radius 3 is 2.48 bits per heavy atom. The van der Waals surface area contributed by atoms with Crippen molar-refractivity contribution in [1.82, 2.24) is 9.29 Å². The second kappa shape index (κ2) is 7.20. The first-order valence-electron chi connectivity index (χ1n) is 7.93. The van der Waals surface area contributed by atoms with Crippen LogP contribution in [0.2, 0.25) is 0 Å². The summed E-state index contributed by atoms with van der Waals surface area (Å²) in [4.78, 5) is 15.8. The van der Waals surface area contributed by atoms with Gasteiger partial charge in [0.2, 0.25) is 10.0 Å². The van der Waals surface area contributed by atoms with Gasteiger partial charge in [-0.2, -0.15) is 4.31 Å². The number of hydrogen-bond donors (Lipinski definition) is 1. The summed E-state index contributed by atoms with van der Waals surface area (Å²) in [5.74, 6) is -0.165. The molecule has 8 heteroatoms. The molecule has 0 bridgehead atoms. The second-order valence-corrected chi connectivity index (χ2v) is 7.56. The van der Waals surface area contributed by atoms with Gasteiger partial charge in [0.1, 0.15) is 4.90 Å². The molecule has 2 aromatic rings. The molecule has 1 saturated heterocycles. The third-order valence-corrected chi connectivity index (χ3v) is 5.95. The lowest BCUT2D eigenvalue weighted by Gasteiger charge is -2.18. The Kier molecular flexibility index (Phi) is 5.00. The molecule has 0 aliphatic carbocycles. The van der Waals surface area contributed by atoms with Gasteiger partial charge in [0, 0.05) is 25.0 Å². The normalized spacial score (nSPS) is 15.1. The second-order valence-electron chi connectivity index (χ2n) is 5.66. The van der Waals surface area contributed by atoms with Gasteiger partial charge < -0.3 is 10.1 Å². The van der Waals surface area contributed by atoms with Crippen molar-refractivity contribution >= 4 is 27.5 Å². The average molecular weight is 361 g/mol. The van der Waals surface area contributed by atoms with Crippen molar-refractivity contribution in [3.63, 3.8) is 0 Å². The van der Waals surface area contributed by atoms with Crippen molar-refractivity contribution in [2.45, 2.75) is 17.7 Å². The lowest BCUT2D eigenvalue weighted by Crippen LogP contribution is -2.28. The number of aromatic nitrogens is 1. The molecular formula is C17H19N3O4S. The number of nitrogens with zero attached hydrogens (tertiary/aromatic N) is 2. The molecule has 25 heavy (non-hydrogen) atoms. The van der Waals surface area contributed by atoms with Crippen LogP contribution in [0.3, 0.4) is 0 Å². The Bertz CT molecular complexity index is 860. The highest BCUT2D eigenvalue weighted by Gasteiger charge is 2.29. The van der Waals surface area contributed by atoms with E-state index >= 15 is 0 Å². The molecule has 0 amide bonds. The SMILES string of the molecule is COC(=O)c1ccc(Nc2ncccc2S(=O)(=O)N2CCCC2)cc1. The summed E-state index contributed by atoms with van der Waals surface area (Å²) >= 11 is 0. The van der Waals surface area contributed by atoms with E-state index in [1.807, 2.05) is 0 Å². The number of hydrogen-bond acceptors (Lipinski definition) is 6. The molecule has 0 spiro atoms. The van der Waals surface area contributed by atoms with E-state index in [-0.39, 0.29) is 10.7 Å². The Labute approximate surface area is 146 Å². The number of ether oxygens (including phenoxy) is 1. The van der Waals surface area contributed by atoms with Crippen molar-refractivity contribution in [1.29, 1.82) is 0 Å². The summed E-state index contributed by atoms with van der Waals surface area (Å²) in [6, 6.07) is 9.71. The number of methoxy groups -OCH3 is 1. The minimum atomic E-state index is -3.58. The van der Waals surface area contributed by atoms with Crippen molar-refractivity contribution in [2.75, 3.05) is 25.5 Å². The van der Waals surface area contributed by atoms with E-state index in [2.05, 4.69) is 15.0 Å². The van der Waals surface area contributed by atoms with Crippen LogP contribution in [0.1, 0.15) is 23.2 Å². The number of esters is 1. The Morgan fingerprint density at radius 2 is 1.84 bits per heavy atom. The zero-order chi connectivity index (χ0) is 17.9. The molecule has 1 fully saturated rings. The molecule has 1 aliphatic rings. The molecule has 1 aromatic heterocycles. The van der Waals surface area contributed by atoms with E-state index in [0.717, 1.165) is 12.8 Å². The largest absolute Gasteiger partial charge is 0.465 e. The highest BCUT2D eigenvalue weighted by molar-refractivity contribution is 7.89. The van der Waals surface area contributed by atoms with Crippen LogP contribution in [0, 0.1) is 0 Å². The summed E-state index contributed by atoms with van der Waals surface area (Å²) in [5, 5.41) is 3.02. The summed E-state index contributed by atoms with van der Waals surface area (Å²) < 4.78 is 31.8. The maximum Gasteiger partial charge on any atom is 0.337 e. The first kappa shape index (κ1) is 17.4. The molecule has 7 nitrogen and oxygen atoms in total. The minimum Gasteiger partial charge on any atom is -0.465 e. The monoisotopic (exact) mass is 361 g/mol. The van der Waals surface area contributed by atoms with Gasteiger partial charge in [0.05, 0.1) is 12.7 Å². The molecule has 0 radical (unpaired) electrons. The maximum atomic E-state index is 12.8. The van der Waals surface area contributed by atoms with Gasteiger partial charge in [-0.25, -0.2) is 18.2 Å². The standard InChI is InChI=1S/C17H19N3O4S/c1-24-17(21)13-6-8-14(9-7-13)19-16-15(5-4-10-18-16)25(22,23)20-11-2-3-12-20/h4-10H,2-3,11-12H2,1H3,(H,18,19). The van der Waals surface area contributed by atoms with Crippen molar-refractivity contribution < 1.29 is 17.9 Å². The van der Waals surface area contributed by atoms with Gasteiger partial charge in [-0.3, -0.25) is 0 Å². The third kappa shape index (κ3) is 3.64. The Hall–Kier alpha value is -2.45. The van der Waals surface area contributed by atoms with Crippen molar-refractivity contribution in [3.05, 3.63) is 48.2 Å². The number of benzene rings is 1. The van der Waals surface area contributed by atoms with Crippen molar-refractivity contribution in [2.24, 2.45) is 0 Å². The fourth-order valence-electron chi connectivity index (χ4n) is 2.70. The van der Waals surface area contributed by atoms with E-state index in [9.17, 15) is 13.2 Å². The highest BCUT2D eigenvalue weighted by atomic mass is 32.2. The zero-order valence-corrected chi connectivity index (χ0v) is 14.6. The van der Waals surface area contributed by atoms with E-state index in [4.69, 9.17) is 0 Å². The smallest absolute Gasteiger partial charge is 0.337 e. The van der Waals surface area contributed by atoms with Crippen LogP contribution in [0.15, 0.2) is 47.5 Å². The van der Waals surface area contributed by atoms with Gasteiger partial charge in [-0.15, -0.1) is 0 Å². The van der Waals surface area contributed by atoms with Crippen LogP contribution in [0.25, 0.3) is 0 Å². The van der Waals surface area contributed by atoms with E-state index in [1.165, 1.54) is 17.6 Å². The van der Waals surface area contributed by atoms with Gasteiger partial charge in [-0.05, 0) is 49.2 Å². The average Bonchev–Trinajstić information content (AvgIpc) is 3.17. The first-order valence-corrected chi connectivity index (χ1v) is 9.37. The Morgan fingerprint density at radius 1 is 1.16 bits per heavy atom. The van der Waals surface area contributed by atoms with Crippen LogP contribution in [-0.4, -0.2) is 43.9 Å². The summed E-state index contributed by atoms with van der Waals surface area (Å²) in [6.07, 6.45) is 3.28. The lowest BCUT2D eigenvalue weighted by atomic mass is 10.2. The summed E-state index contributed by atoms with van der Waals surface area (Å²) in [5.41, 5.74) is 1.04. The first-order chi connectivity index (χ1) is 12.0. The number of pyridine rings is 1. The highest BCUT2D eigenvalue weighted by Crippen LogP contribution is 2.27. The fourth-order valence-corrected chi connectivity index (χ4v) is 4.32. The van der Waals surface area contributed by atoms with Gasteiger partial charge in [0.15, 0.2) is 5.82 Å².